The molecule has 0 saturated carbocycles. The molecule has 0 spiro atoms. The average molecular weight is 274 g/mol. The number of hydrogen-bond donors (Lipinski definition) is 1. The minimum absolute atomic E-state index is 0.0182. The number of hydrogen-bond acceptors (Lipinski definition) is 2. The second kappa shape index (κ2) is 5.27. The fraction of sp³-hybridized carbons (Fsp3) is 0.500. The molecule has 0 aromatic heterocycles. The fourth-order valence-corrected chi connectivity index (χ4v) is 2.40. The van der Waals surface area contributed by atoms with Crippen molar-refractivity contribution in [3.63, 3.8) is 0 Å². The number of amides is 2. The molecule has 1 aromatic rings. The van der Waals surface area contributed by atoms with Crippen molar-refractivity contribution < 1.29 is 9.59 Å². The molecule has 0 aliphatic carbocycles. The zero-order chi connectivity index (χ0) is 14.9. The molecule has 1 atom stereocenters. The van der Waals surface area contributed by atoms with Gasteiger partial charge in [-0.1, -0.05) is 12.1 Å². The lowest BCUT2D eigenvalue weighted by Crippen LogP contribution is -2.44. The summed E-state index contributed by atoms with van der Waals surface area (Å²) in [7, 11) is 0. The topological polar surface area (TPSA) is 49.4 Å². The van der Waals surface area contributed by atoms with Crippen LogP contribution in [0, 0.1) is 12.8 Å². The number of rotatable bonds is 2. The molecule has 0 unspecified atom stereocenters. The highest BCUT2D eigenvalue weighted by molar-refractivity contribution is 6.00. The smallest absolute Gasteiger partial charge is 0.227 e. The lowest BCUT2D eigenvalue weighted by Gasteiger charge is -2.23. The monoisotopic (exact) mass is 274 g/mol. The Bertz CT molecular complexity index is 532. The molecule has 4 nitrogen and oxygen atoms in total. The van der Waals surface area contributed by atoms with Crippen molar-refractivity contribution in [3.05, 3.63) is 29.8 Å². The van der Waals surface area contributed by atoms with Gasteiger partial charge in [0.2, 0.25) is 11.8 Å². The number of aryl methyl sites for hydroxylation is 1. The molecule has 1 aromatic carbocycles. The highest BCUT2D eigenvalue weighted by Gasteiger charge is 2.36. The Morgan fingerprint density at radius 2 is 2.05 bits per heavy atom. The van der Waals surface area contributed by atoms with Gasteiger partial charge in [0.15, 0.2) is 0 Å². The van der Waals surface area contributed by atoms with E-state index in [4.69, 9.17) is 0 Å². The third-order valence-electron chi connectivity index (χ3n) is 3.31. The van der Waals surface area contributed by atoms with Crippen molar-refractivity contribution in [2.45, 2.75) is 39.7 Å². The van der Waals surface area contributed by atoms with Gasteiger partial charge in [-0.15, -0.1) is 0 Å². The summed E-state index contributed by atoms with van der Waals surface area (Å²) in [6.45, 7) is 8.29. The average Bonchev–Trinajstić information content (AvgIpc) is 2.69. The lowest BCUT2D eigenvalue weighted by molar-refractivity contribution is -0.127. The van der Waals surface area contributed by atoms with Crippen LogP contribution in [0.1, 0.15) is 32.8 Å². The summed E-state index contributed by atoms with van der Waals surface area (Å²) in [4.78, 5) is 26.0. The number of benzene rings is 1. The molecule has 1 aliphatic heterocycles. The van der Waals surface area contributed by atoms with Gasteiger partial charge in [0.05, 0.1) is 5.92 Å². The predicted octanol–water partition coefficient (Wildman–Crippen LogP) is 2.26. The number of carbonyl (C=O) groups is 2. The van der Waals surface area contributed by atoms with Crippen LogP contribution in [0.25, 0.3) is 0 Å². The van der Waals surface area contributed by atoms with E-state index >= 15 is 0 Å². The molecule has 2 amide bonds. The van der Waals surface area contributed by atoms with Crippen LogP contribution >= 0.6 is 0 Å². The summed E-state index contributed by atoms with van der Waals surface area (Å²) in [5.74, 6) is -0.284. The maximum atomic E-state index is 12.2. The number of anilines is 1. The van der Waals surface area contributed by atoms with E-state index in [0.717, 1.165) is 11.3 Å². The first-order valence-electron chi connectivity index (χ1n) is 6.95. The third kappa shape index (κ3) is 3.38. The molecule has 0 bridgehead atoms. The molecule has 108 valence electrons. The second-order valence-electron chi connectivity index (χ2n) is 6.48. The van der Waals surface area contributed by atoms with Gasteiger partial charge in [-0.25, -0.2) is 0 Å². The quantitative estimate of drug-likeness (QED) is 0.899. The van der Waals surface area contributed by atoms with Crippen LogP contribution in [0.5, 0.6) is 0 Å². The minimum atomic E-state index is -0.267. The van der Waals surface area contributed by atoms with Crippen molar-refractivity contribution in [2.24, 2.45) is 5.92 Å². The van der Waals surface area contributed by atoms with E-state index in [1.165, 1.54) is 0 Å². The number of nitrogens with zero attached hydrogens (tertiary/aromatic N) is 1. The van der Waals surface area contributed by atoms with Crippen molar-refractivity contribution in [3.8, 4) is 0 Å². The highest BCUT2D eigenvalue weighted by Crippen LogP contribution is 2.26. The van der Waals surface area contributed by atoms with Gasteiger partial charge in [-0.3, -0.25) is 9.59 Å². The zero-order valence-electron chi connectivity index (χ0n) is 12.6. The molecule has 0 radical (unpaired) electrons. The van der Waals surface area contributed by atoms with Crippen LogP contribution in [-0.4, -0.2) is 23.9 Å². The first-order valence-corrected chi connectivity index (χ1v) is 6.95. The van der Waals surface area contributed by atoms with Crippen LogP contribution in [0.2, 0.25) is 0 Å². The van der Waals surface area contributed by atoms with Crippen LogP contribution in [-0.2, 0) is 9.59 Å². The van der Waals surface area contributed by atoms with Gasteiger partial charge < -0.3 is 10.2 Å². The van der Waals surface area contributed by atoms with Crippen molar-refractivity contribution in [1.82, 2.24) is 5.32 Å². The molecule has 20 heavy (non-hydrogen) atoms. The van der Waals surface area contributed by atoms with Gasteiger partial charge in [-0.2, -0.15) is 0 Å². The maximum absolute atomic E-state index is 12.2. The van der Waals surface area contributed by atoms with Gasteiger partial charge in [0.25, 0.3) is 0 Å². The molecule has 1 heterocycles. The Kier molecular flexibility index (Phi) is 3.84. The summed E-state index contributed by atoms with van der Waals surface area (Å²) in [6, 6.07) is 7.81. The summed E-state index contributed by atoms with van der Waals surface area (Å²) < 4.78 is 0. The molecule has 1 aliphatic rings. The highest BCUT2D eigenvalue weighted by atomic mass is 16.2. The first kappa shape index (κ1) is 14.6. The molecular weight excluding hydrogens is 252 g/mol. The molecule has 1 saturated heterocycles. The summed E-state index contributed by atoms with van der Waals surface area (Å²) >= 11 is 0. The van der Waals surface area contributed by atoms with E-state index in [0.29, 0.717) is 6.54 Å². The van der Waals surface area contributed by atoms with Crippen LogP contribution in [0.3, 0.4) is 0 Å². The Morgan fingerprint density at radius 3 is 2.65 bits per heavy atom. The number of nitrogens with one attached hydrogen (secondary N) is 1. The SMILES string of the molecule is Cc1cccc(N2C[C@H](C(=O)NC(C)(C)C)CC2=O)c1. The Morgan fingerprint density at radius 1 is 1.35 bits per heavy atom. The molecule has 4 heteroatoms. The molecule has 1 N–H and O–H groups in total. The van der Waals surface area contributed by atoms with Crippen LogP contribution in [0.4, 0.5) is 5.69 Å². The van der Waals surface area contributed by atoms with E-state index in [2.05, 4.69) is 5.32 Å². The molecule has 2 rings (SSSR count). The second-order valence-corrected chi connectivity index (χ2v) is 6.48. The zero-order valence-corrected chi connectivity index (χ0v) is 12.6. The van der Waals surface area contributed by atoms with Crippen molar-refractivity contribution >= 4 is 17.5 Å². The fourth-order valence-electron chi connectivity index (χ4n) is 2.40. The maximum Gasteiger partial charge on any atom is 0.227 e. The third-order valence-corrected chi connectivity index (χ3v) is 3.31. The van der Waals surface area contributed by atoms with E-state index in [-0.39, 0.29) is 29.7 Å². The lowest BCUT2D eigenvalue weighted by atomic mass is 10.0. The standard InChI is InChI=1S/C16H22N2O2/c1-11-6-5-7-13(8-11)18-10-12(9-14(18)19)15(20)17-16(2,3)4/h5-8,12H,9-10H2,1-4H3,(H,17,20)/t12-/m1/s1. The van der Waals surface area contributed by atoms with Gasteiger partial charge in [0.1, 0.15) is 0 Å². The Balaban J connectivity index is 2.09. The summed E-state index contributed by atoms with van der Waals surface area (Å²) in [5, 5.41) is 2.95. The van der Waals surface area contributed by atoms with E-state index in [9.17, 15) is 9.59 Å². The van der Waals surface area contributed by atoms with E-state index < -0.39 is 0 Å². The van der Waals surface area contributed by atoms with Crippen molar-refractivity contribution in [1.29, 1.82) is 0 Å². The van der Waals surface area contributed by atoms with Gasteiger partial charge in [-0.05, 0) is 45.4 Å². The Hall–Kier alpha value is -1.84. The van der Waals surface area contributed by atoms with Gasteiger partial charge in [0, 0.05) is 24.2 Å². The van der Waals surface area contributed by atoms with Crippen LogP contribution in [0.15, 0.2) is 24.3 Å². The largest absolute Gasteiger partial charge is 0.351 e. The van der Waals surface area contributed by atoms with E-state index in [1.807, 2.05) is 52.0 Å². The normalized spacial score (nSPS) is 19.3. The van der Waals surface area contributed by atoms with E-state index in [1.54, 1.807) is 4.90 Å². The number of carbonyl (C=O) groups excluding carboxylic acids is 2. The molecule has 1 fully saturated rings. The molecular formula is C16H22N2O2. The minimum Gasteiger partial charge on any atom is -0.351 e. The predicted molar refractivity (Wildman–Crippen MR) is 79.5 cm³/mol. The summed E-state index contributed by atoms with van der Waals surface area (Å²) in [6.07, 6.45) is 0.288. The Labute approximate surface area is 120 Å². The van der Waals surface area contributed by atoms with Crippen molar-refractivity contribution in [2.75, 3.05) is 11.4 Å². The van der Waals surface area contributed by atoms with Crippen LogP contribution < -0.4 is 10.2 Å². The summed E-state index contributed by atoms with van der Waals surface area (Å²) in [5.41, 5.74) is 1.72. The van der Waals surface area contributed by atoms with Gasteiger partial charge >= 0.3 is 0 Å². The first-order chi connectivity index (χ1) is 9.26.